The highest BCUT2D eigenvalue weighted by Gasteiger charge is 2.34. The van der Waals surface area contributed by atoms with Crippen molar-refractivity contribution in [3.8, 4) is 11.8 Å². The van der Waals surface area contributed by atoms with Crippen LogP contribution >= 0.6 is 0 Å². The van der Waals surface area contributed by atoms with Gasteiger partial charge in [0.25, 0.3) is 5.91 Å². The van der Waals surface area contributed by atoms with E-state index in [9.17, 15) is 4.79 Å². The number of hydrogen-bond acceptors (Lipinski definition) is 4. The van der Waals surface area contributed by atoms with E-state index in [1.54, 1.807) is 24.3 Å². The maximum absolute atomic E-state index is 12.5. The molecule has 1 aromatic carbocycles. The summed E-state index contributed by atoms with van der Waals surface area (Å²) in [5, 5.41) is 9.04. The molecule has 1 aliphatic carbocycles. The van der Waals surface area contributed by atoms with E-state index < -0.39 is 0 Å². The zero-order valence-electron chi connectivity index (χ0n) is 12.5. The number of para-hydroxylation sites is 1. The molecule has 116 valence electrons. The summed E-state index contributed by atoms with van der Waals surface area (Å²) in [7, 11) is 0. The smallest absolute Gasteiger partial charge is 0.260 e. The SMILES string of the molecule is N#Cc1ccccc1OCC(=O)N(CC1CCOC1)C1CC1. The first-order valence-electron chi connectivity index (χ1n) is 7.77. The molecule has 0 bridgehead atoms. The van der Waals surface area contributed by atoms with Crippen LogP contribution in [0, 0.1) is 17.2 Å². The van der Waals surface area contributed by atoms with Gasteiger partial charge in [0, 0.05) is 25.1 Å². The molecule has 0 radical (unpaired) electrons. The number of benzene rings is 1. The molecule has 2 fully saturated rings. The van der Waals surface area contributed by atoms with Crippen LogP contribution in [0.4, 0.5) is 0 Å². The van der Waals surface area contributed by atoms with E-state index >= 15 is 0 Å². The Bertz CT molecular complexity index is 572. The standard InChI is InChI=1S/C17H20N2O3/c18-9-14-3-1-2-4-16(14)22-12-17(20)19(15-5-6-15)10-13-7-8-21-11-13/h1-4,13,15H,5-8,10-12H2. The van der Waals surface area contributed by atoms with Gasteiger partial charge in [-0.05, 0) is 31.4 Å². The van der Waals surface area contributed by atoms with Crippen LogP contribution in [0.3, 0.4) is 0 Å². The first-order chi connectivity index (χ1) is 10.8. The third-order valence-corrected chi connectivity index (χ3v) is 4.15. The molecule has 1 unspecified atom stereocenters. The van der Waals surface area contributed by atoms with Gasteiger partial charge in [0.15, 0.2) is 6.61 Å². The number of nitriles is 1. The number of nitrogens with zero attached hydrogens (tertiary/aromatic N) is 2. The molecule has 1 aromatic rings. The van der Waals surface area contributed by atoms with Crippen molar-refractivity contribution in [3.63, 3.8) is 0 Å². The number of rotatable bonds is 6. The van der Waals surface area contributed by atoms with Crippen molar-refractivity contribution in [2.75, 3.05) is 26.4 Å². The zero-order chi connectivity index (χ0) is 15.4. The average Bonchev–Trinajstić information content (AvgIpc) is 3.26. The summed E-state index contributed by atoms with van der Waals surface area (Å²) >= 11 is 0. The first kappa shape index (κ1) is 14.9. The molecule has 0 spiro atoms. The molecule has 1 atom stereocenters. The Hall–Kier alpha value is -2.06. The highest BCUT2D eigenvalue weighted by atomic mass is 16.5. The topological polar surface area (TPSA) is 62.6 Å². The largest absolute Gasteiger partial charge is 0.482 e. The fourth-order valence-corrected chi connectivity index (χ4v) is 2.75. The highest BCUT2D eigenvalue weighted by Crippen LogP contribution is 2.29. The fourth-order valence-electron chi connectivity index (χ4n) is 2.75. The molecule has 1 amide bonds. The van der Waals surface area contributed by atoms with E-state index in [0.717, 1.165) is 39.0 Å². The van der Waals surface area contributed by atoms with Crippen molar-refractivity contribution < 1.29 is 14.3 Å². The van der Waals surface area contributed by atoms with Gasteiger partial charge in [-0.2, -0.15) is 5.26 Å². The molecule has 1 aliphatic heterocycles. The van der Waals surface area contributed by atoms with Gasteiger partial charge in [0.05, 0.1) is 12.2 Å². The molecule has 3 rings (SSSR count). The zero-order valence-corrected chi connectivity index (χ0v) is 12.5. The van der Waals surface area contributed by atoms with Crippen LogP contribution in [0.15, 0.2) is 24.3 Å². The summed E-state index contributed by atoms with van der Waals surface area (Å²) < 4.78 is 11.0. The maximum atomic E-state index is 12.5. The summed E-state index contributed by atoms with van der Waals surface area (Å²) in [4.78, 5) is 14.4. The minimum atomic E-state index is -0.0111. The summed E-state index contributed by atoms with van der Waals surface area (Å²) in [6.45, 7) is 2.29. The molecule has 2 aliphatic rings. The van der Waals surface area contributed by atoms with Crippen LogP contribution in [0.5, 0.6) is 5.75 Å². The van der Waals surface area contributed by atoms with Gasteiger partial charge >= 0.3 is 0 Å². The van der Waals surface area contributed by atoms with E-state index in [4.69, 9.17) is 14.7 Å². The van der Waals surface area contributed by atoms with Gasteiger partial charge in [-0.3, -0.25) is 4.79 Å². The van der Waals surface area contributed by atoms with Crippen molar-refractivity contribution in [3.05, 3.63) is 29.8 Å². The van der Waals surface area contributed by atoms with E-state index in [1.165, 1.54) is 0 Å². The lowest BCUT2D eigenvalue weighted by molar-refractivity contribution is -0.134. The molecule has 0 aromatic heterocycles. The Labute approximate surface area is 130 Å². The van der Waals surface area contributed by atoms with E-state index in [2.05, 4.69) is 6.07 Å². The van der Waals surface area contributed by atoms with Crippen LogP contribution in [0.25, 0.3) is 0 Å². The predicted octanol–water partition coefficient (Wildman–Crippen LogP) is 1.96. The van der Waals surface area contributed by atoms with Crippen LogP contribution in [-0.4, -0.2) is 43.2 Å². The van der Waals surface area contributed by atoms with Gasteiger partial charge in [-0.1, -0.05) is 12.1 Å². The number of carbonyl (C=O) groups excluding carboxylic acids is 1. The third kappa shape index (κ3) is 3.58. The maximum Gasteiger partial charge on any atom is 0.260 e. The average molecular weight is 300 g/mol. The Morgan fingerprint density at radius 3 is 2.86 bits per heavy atom. The molecule has 5 heteroatoms. The minimum Gasteiger partial charge on any atom is -0.482 e. The van der Waals surface area contributed by atoms with Crippen molar-refractivity contribution in [2.24, 2.45) is 5.92 Å². The normalized spacial score (nSPS) is 20.4. The molecule has 1 saturated carbocycles. The van der Waals surface area contributed by atoms with E-state index in [-0.39, 0.29) is 12.5 Å². The predicted molar refractivity (Wildman–Crippen MR) is 80.3 cm³/mol. The highest BCUT2D eigenvalue weighted by molar-refractivity contribution is 5.78. The van der Waals surface area contributed by atoms with Crippen LogP contribution < -0.4 is 4.74 Å². The Balaban J connectivity index is 1.58. The molecule has 1 saturated heterocycles. The van der Waals surface area contributed by atoms with Gasteiger partial charge in [0.2, 0.25) is 0 Å². The number of amides is 1. The van der Waals surface area contributed by atoms with Crippen molar-refractivity contribution >= 4 is 5.91 Å². The van der Waals surface area contributed by atoms with Crippen molar-refractivity contribution in [1.82, 2.24) is 4.90 Å². The Morgan fingerprint density at radius 1 is 1.36 bits per heavy atom. The van der Waals surface area contributed by atoms with Gasteiger partial charge < -0.3 is 14.4 Å². The lowest BCUT2D eigenvalue weighted by Gasteiger charge is -2.25. The first-order valence-corrected chi connectivity index (χ1v) is 7.77. The molecule has 22 heavy (non-hydrogen) atoms. The fraction of sp³-hybridized carbons (Fsp3) is 0.529. The lowest BCUT2D eigenvalue weighted by atomic mass is 10.1. The number of ether oxygens (including phenoxy) is 2. The Morgan fingerprint density at radius 2 is 2.18 bits per heavy atom. The number of carbonyl (C=O) groups is 1. The summed E-state index contributed by atoms with van der Waals surface area (Å²) in [5.74, 6) is 0.913. The lowest BCUT2D eigenvalue weighted by Crippen LogP contribution is -2.40. The Kier molecular flexibility index (Phi) is 4.59. The van der Waals surface area contributed by atoms with Gasteiger partial charge in [0.1, 0.15) is 11.8 Å². The van der Waals surface area contributed by atoms with Crippen LogP contribution in [-0.2, 0) is 9.53 Å². The second-order valence-corrected chi connectivity index (χ2v) is 5.90. The van der Waals surface area contributed by atoms with Crippen molar-refractivity contribution in [1.29, 1.82) is 5.26 Å². The van der Waals surface area contributed by atoms with Crippen LogP contribution in [0.2, 0.25) is 0 Å². The monoisotopic (exact) mass is 300 g/mol. The quantitative estimate of drug-likeness (QED) is 0.805. The molecule has 0 N–H and O–H groups in total. The summed E-state index contributed by atoms with van der Waals surface area (Å²) in [6.07, 6.45) is 3.18. The second kappa shape index (κ2) is 6.80. The summed E-state index contributed by atoms with van der Waals surface area (Å²) in [6, 6.07) is 9.43. The van der Waals surface area contributed by atoms with E-state index in [0.29, 0.717) is 23.3 Å². The number of hydrogen-bond donors (Lipinski definition) is 0. The molecule has 5 nitrogen and oxygen atoms in total. The van der Waals surface area contributed by atoms with Crippen molar-refractivity contribution in [2.45, 2.75) is 25.3 Å². The summed E-state index contributed by atoms with van der Waals surface area (Å²) in [5.41, 5.74) is 0.456. The van der Waals surface area contributed by atoms with Crippen LogP contribution in [0.1, 0.15) is 24.8 Å². The van der Waals surface area contributed by atoms with E-state index in [1.807, 2.05) is 4.90 Å². The third-order valence-electron chi connectivity index (χ3n) is 4.15. The van der Waals surface area contributed by atoms with Gasteiger partial charge in [-0.25, -0.2) is 0 Å². The molecule has 1 heterocycles. The van der Waals surface area contributed by atoms with Gasteiger partial charge in [-0.15, -0.1) is 0 Å². The molecular weight excluding hydrogens is 280 g/mol. The molecular formula is C17H20N2O3. The minimum absolute atomic E-state index is 0.00198. The second-order valence-electron chi connectivity index (χ2n) is 5.90.